The molecular weight excluding hydrogens is 404 g/mol. The van der Waals surface area contributed by atoms with Crippen LogP contribution in [0, 0.1) is 5.92 Å². The van der Waals surface area contributed by atoms with E-state index in [-0.39, 0.29) is 25.4 Å². The van der Waals surface area contributed by atoms with Crippen LogP contribution in [-0.4, -0.2) is 53.0 Å². The maximum Gasteiger partial charge on any atom is 0.407 e. The standard InChI is InChI=1S/C22H32N2O7/c1-14(2)11-17(19(26)27)23-18(25)16(12-15-9-7-6-8-10-15)24-20(28)29-13-22(5)21(3,4)30-31-22/h6-10,14,16-17H,11-13H2,1-5H3,(H,23,25)(H,24,28)(H,26,27)/t16-,17-,22+/m0/s1. The summed E-state index contributed by atoms with van der Waals surface area (Å²) in [7, 11) is 0. The lowest BCUT2D eigenvalue weighted by molar-refractivity contribution is -0.543. The van der Waals surface area contributed by atoms with Crippen LogP contribution in [0.2, 0.25) is 0 Å². The number of hydrogen-bond acceptors (Lipinski definition) is 6. The number of hydrogen-bond donors (Lipinski definition) is 3. The highest BCUT2D eigenvalue weighted by atomic mass is 17.3. The molecule has 1 aromatic carbocycles. The summed E-state index contributed by atoms with van der Waals surface area (Å²) in [5.41, 5.74) is -0.630. The molecule has 3 atom stereocenters. The lowest BCUT2D eigenvalue weighted by atomic mass is 9.86. The number of carboxylic acids is 1. The third-order valence-electron chi connectivity index (χ3n) is 5.40. The predicted molar refractivity (Wildman–Crippen MR) is 112 cm³/mol. The number of benzene rings is 1. The number of amides is 2. The quantitative estimate of drug-likeness (QED) is 0.481. The number of carboxylic acid groups (broad SMARTS) is 1. The van der Waals surface area contributed by atoms with E-state index in [1.807, 2.05) is 58.0 Å². The average molecular weight is 437 g/mol. The van der Waals surface area contributed by atoms with E-state index < -0.39 is 41.3 Å². The topological polar surface area (TPSA) is 123 Å². The van der Waals surface area contributed by atoms with Gasteiger partial charge in [0.05, 0.1) is 0 Å². The smallest absolute Gasteiger partial charge is 0.407 e. The molecule has 0 radical (unpaired) electrons. The van der Waals surface area contributed by atoms with Crippen molar-refractivity contribution in [1.29, 1.82) is 0 Å². The van der Waals surface area contributed by atoms with E-state index in [0.717, 1.165) is 5.56 Å². The molecule has 2 amide bonds. The molecule has 0 aliphatic carbocycles. The molecule has 9 heteroatoms. The average Bonchev–Trinajstić information content (AvgIpc) is 2.70. The van der Waals surface area contributed by atoms with Gasteiger partial charge in [0.15, 0.2) is 5.60 Å². The lowest BCUT2D eigenvalue weighted by Gasteiger charge is -2.50. The second-order valence-corrected chi connectivity index (χ2v) is 8.90. The van der Waals surface area contributed by atoms with E-state index in [1.165, 1.54) is 0 Å². The summed E-state index contributed by atoms with van der Waals surface area (Å²) in [5, 5.41) is 14.5. The maximum atomic E-state index is 12.9. The summed E-state index contributed by atoms with van der Waals surface area (Å²) in [4.78, 5) is 46.9. The van der Waals surface area contributed by atoms with Crippen molar-refractivity contribution < 1.29 is 34.0 Å². The molecule has 9 nitrogen and oxygen atoms in total. The number of nitrogens with one attached hydrogen (secondary N) is 2. The number of carbonyl (C=O) groups excluding carboxylic acids is 2. The molecule has 172 valence electrons. The summed E-state index contributed by atoms with van der Waals surface area (Å²) in [6.45, 7) is 9.03. The first kappa shape index (κ1) is 24.6. The van der Waals surface area contributed by atoms with E-state index >= 15 is 0 Å². The van der Waals surface area contributed by atoms with Crippen LogP contribution in [0.25, 0.3) is 0 Å². The maximum absolute atomic E-state index is 12.9. The van der Waals surface area contributed by atoms with Crippen LogP contribution in [0.3, 0.4) is 0 Å². The first-order valence-corrected chi connectivity index (χ1v) is 10.3. The molecule has 1 fully saturated rings. The Labute approximate surface area is 182 Å². The summed E-state index contributed by atoms with van der Waals surface area (Å²) >= 11 is 0. The van der Waals surface area contributed by atoms with Gasteiger partial charge in [-0.2, -0.15) is 0 Å². The van der Waals surface area contributed by atoms with Crippen molar-refractivity contribution in [2.45, 2.75) is 70.7 Å². The van der Waals surface area contributed by atoms with Gasteiger partial charge in [-0.25, -0.2) is 19.4 Å². The van der Waals surface area contributed by atoms with Crippen LogP contribution in [0.4, 0.5) is 4.79 Å². The Kier molecular flexibility index (Phi) is 8.02. The van der Waals surface area contributed by atoms with Crippen LogP contribution >= 0.6 is 0 Å². The van der Waals surface area contributed by atoms with Crippen LogP contribution in [0.1, 0.15) is 46.6 Å². The fourth-order valence-electron chi connectivity index (χ4n) is 2.96. The second-order valence-electron chi connectivity index (χ2n) is 8.90. The van der Waals surface area contributed by atoms with Gasteiger partial charge in [0.2, 0.25) is 5.91 Å². The lowest BCUT2D eigenvalue weighted by Crippen LogP contribution is -2.64. The Bertz CT molecular complexity index is 781. The zero-order valence-electron chi connectivity index (χ0n) is 18.6. The van der Waals surface area contributed by atoms with Crippen molar-refractivity contribution in [2.75, 3.05) is 6.61 Å². The van der Waals surface area contributed by atoms with Gasteiger partial charge in [-0.3, -0.25) is 4.79 Å². The predicted octanol–water partition coefficient (Wildman–Crippen LogP) is 2.44. The Morgan fingerprint density at radius 1 is 1.03 bits per heavy atom. The Morgan fingerprint density at radius 3 is 2.16 bits per heavy atom. The first-order chi connectivity index (χ1) is 14.4. The highest BCUT2D eigenvalue weighted by Crippen LogP contribution is 2.39. The molecule has 2 rings (SSSR count). The van der Waals surface area contributed by atoms with E-state index in [0.29, 0.717) is 0 Å². The van der Waals surface area contributed by atoms with E-state index in [2.05, 4.69) is 10.6 Å². The minimum Gasteiger partial charge on any atom is -0.480 e. The largest absolute Gasteiger partial charge is 0.480 e. The third-order valence-corrected chi connectivity index (χ3v) is 5.40. The van der Waals surface area contributed by atoms with Gasteiger partial charge in [0.25, 0.3) is 0 Å². The summed E-state index contributed by atoms with van der Waals surface area (Å²) < 4.78 is 5.27. The Morgan fingerprint density at radius 2 is 1.68 bits per heavy atom. The van der Waals surface area contributed by atoms with Gasteiger partial charge in [0, 0.05) is 6.42 Å². The fourth-order valence-corrected chi connectivity index (χ4v) is 2.96. The van der Waals surface area contributed by atoms with Gasteiger partial charge in [-0.15, -0.1) is 0 Å². The number of ether oxygens (including phenoxy) is 1. The molecule has 0 saturated carbocycles. The van der Waals surface area contributed by atoms with Crippen LogP contribution in [0.15, 0.2) is 30.3 Å². The summed E-state index contributed by atoms with van der Waals surface area (Å²) in [5.74, 6) is -1.65. The molecule has 1 aliphatic heterocycles. The molecule has 0 spiro atoms. The number of alkyl carbamates (subject to hydrolysis) is 1. The van der Waals surface area contributed by atoms with Crippen molar-refractivity contribution >= 4 is 18.0 Å². The van der Waals surface area contributed by atoms with Gasteiger partial charge in [0.1, 0.15) is 24.3 Å². The van der Waals surface area contributed by atoms with E-state index in [9.17, 15) is 19.5 Å². The van der Waals surface area contributed by atoms with Crippen LogP contribution in [-0.2, 0) is 30.5 Å². The molecule has 1 aliphatic rings. The Hall–Kier alpha value is -2.65. The Balaban J connectivity index is 2.06. The van der Waals surface area contributed by atoms with Gasteiger partial charge >= 0.3 is 12.1 Å². The van der Waals surface area contributed by atoms with Crippen molar-refractivity contribution in [3.8, 4) is 0 Å². The van der Waals surface area contributed by atoms with Crippen molar-refractivity contribution in [1.82, 2.24) is 10.6 Å². The minimum absolute atomic E-state index is 0.0701. The molecule has 1 aromatic rings. The van der Waals surface area contributed by atoms with Crippen molar-refractivity contribution in [3.63, 3.8) is 0 Å². The zero-order chi connectivity index (χ0) is 23.2. The molecule has 1 heterocycles. The summed E-state index contributed by atoms with van der Waals surface area (Å²) in [6.07, 6.45) is -0.355. The van der Waals surface area contributed by atoms with Crippen LogP contribution in [0.5, 0.6) is 0 Å². The first-order valence-electron chi connectivity index (χ1n) is 10.3. The highest BCUT2D eigenvalue weighted by molar-refractivity contribution is 5.89. The SMILES string of the molecule is CC(C)C[C@H](NC(=O)[C@H](Cc1ccccc1)NC(=O)OC[C@@]1(C)OOC1(C)C)C(=O)O. The highest BCUT2D eigenvalue weighted by Gasteiger charge is 2.55. The molecular formula is C22H32N2O7. The van der Waals surface area contributed by atoms with Crippen molar-refractivity contribution in [3.05, 3.63) is 35.9 Å². The fraction of sp³-hybridized carbons (Fsp3) is 0.591. The normalized spacial score (nSPS) is 21.5. The molecule has 31 heavy (non-hydrogen) atoms. The van der Waals surface area contributed by atoms with E-state index in [4.69, 9.17) is 14.5 Å². The number of aliphatic carboxylic acids is 1. The monoisotopic (exact) mass is 436 g/mol. The molecule has 0 unspecified atom stereocenters. The van der Waals surface area contributed by atoms with E-state index in [1.54, 1.807) is 6.92 Å². The van der Waals surface area contributed by atoms with Gasteiger partial charge < -0.3 is 20.5 Å². The second kappa shape index (κ2) is 10.1. The summed E-state index contributed by atoms with van der Waals surface area (Å²) in [6, 6.07) is 7.05. The minimum atomic E-state index is -1.12. The molecule has 0 aromatic heterocycles. The molecule has 0 bridgehead atoms. The zero-order valence-corrected chi connectivity index (χ0v) is 18.6. The van der Waals surface area contributed by atoms with Gasteiger partial charge in [-0.1, -0.05) is 44.2 Å². The number of rotatable bonds is 10. The molecule has 1 saturated heterocycles. The number of carbonyl (C=O) groups is 3. The van der Waals surface area contributed by atoms with Gasteiger partial charge in [-0.05, 0) is 38.7 Å². The van der Waals surface area contributed by atoms with Crippen LogP contribution < -0.4 is 10.6 Å². The van der Waals surface area contributed by atoms with Crippen molar-refractivity contribution in [2.24, 2.45) is 5.92 Å². The third kappa shape index (κ3) is 6.67. The molecule has 3 N–H and O–H groups in total.